The molecule has 172 valence electrons. The van der Waals surface area contributed by atoms with Crippen LogP contribution >= 0.6 is 23.7 Å². The van der Waals surface area contributed by atoms with Gasteiger partial charge in [0, 0.05) is 30.1 Å². The van der Waals surface area contributed by atoms with Crippen molar-refractivity contribution >= 4 is 46.5 Å². The summed E-state index contributed by atoms with van der Waals surface area (Å²) < 4.78 is 4.67. The van der Waals surface area contributed by atoms with Crippen molar-refractivity contribution in [3.05, 3.63) is 87.3 Å². The molecule has 0 spiro atoms. The summed E-state index contributed by atoms with van der Waals surface area (Å²) in [5, 5.41) is 3.30. The van der Waals surface area contributed by atoms with Crippen LogP contribution in [0, 0.1) is 0 Å². The van der Waals surface area contributed by atoms with Crippen LogP contribution in [-0.4, -0.2) is 36.3 Å². The average molecular weight is 486 g/mol. The van der Waals surface area contributed by atoms with E-state index in [1.54, 1.807) is 12.1 Å². The number of nitrogens with zero attached hydrogens (tertiary/aromatic N) is 1. The molecule has 0 bridgehead atoms. The van der Waals surface area contributed by atoms with E-state index in [0.717, 1.165) is 23.5 Å². The van der Waals surface area contributed by atoms with Gasteiger partial charge in [-0.05, 0) is 41.8 Å². The van der Waals surface area contributed by atoms with Crippen molar-refractivity contribution in [2.24, 2.45) is 5.73 Å². The zero-order chi connectivity index (χ0) is 22.7. The van der Waals surface area contributed by atoms with Crippen LogP contribution in [-0.2, 0) is 24.2 Å². The zero-order valence-electron chi connectivity index (χ0n) is 18.0. The van der Waals surface area contributed by atoms with Crippen LogP contribution in [0.25, 0.3) is 0 Å². The molecule has 0 unspecified atom stereocenters. The lowest BCUT2D eigenvalue weighted by Crippen LogP contribution is -2.30. The van der Waals surface area contributed by atoms with Crippen molar-refractivity contribution in [1.82, 2.24) is 4.90 Å². The van der Waals surface area contributed by atoms with Gasteiger partial charge in [-0.25, -0.2) is 4.79 Å². The highest BCUT2D eigenvalue weighted by Crippen LogP contribution is 2.37. The third-order valence-electron chi connectivity index (χ3n) is 5.43. The summed E-state index contributed by atoms with van der Waals surface area (Å²) in [4.78, 5) is 39.9. The van der Waals surface area contributed by atoms with Crippen LogP contribution in [0.15, 0.2) is 54.6 Å². The number of nitrogens with two attached hydrogens (primary N) is 1. The summed E-state index contributed by atoms with van der Waals surface area (Å²) in [5.41, 5.74) is 8.94. The normalized spacial score (nSPS) is 12.9. The first-order valence-electron chi connectivity index (χ1n) is 10.2. The SMILES string of the molecule is COC(=O)c1ccc(C(=O)Nc2sc3c(c2C(N)=O)CCN(Cc2ccccc2)C3)cc1.Cl. The highest BCUT2D eigenvalue weighted by Gasteiger charge is 2.28. The van der Waals surface area contributed by atoms with E-state index < -0.39 is 11.9 Å². The maximum absolute atomic E-state index is 12.8. The number of thiophene rings is 1. The first-order chi connectivity index (χ1) is 15.5. The Labute approximate surface area is 202 Å². The van der Waals surface area contributed by atoms with Crippen molar-refractivity contribution in [3.8, 4) is 0 Å². The summed E-state index contributed by atoms with van der Waals surface area (Å²) in [6.07, 6.45) is 0.695. The fourth-order valence-electron chi connectivity index (χ4n) is 3.83. The number of anilines is 1. The molecule has 0 saturated heterocycles. The molecular weight excluding hydrogens is 462 g/mol. The molecule has 1 aliphatic rings. The van der Waals surface area contributed by atoms with E-state index in [4.69, 9.17) is 5.73 Å². The number of halogens is 1. The number of nitrogens with one attached hydrogen (secondary N) is 1. The first-order valence-corrected chi connectivity index (χ1v) is 11.0. The number of amides is 2. The Kier molecular flexibility index (Phi) is 7.86. The second-order valence-corrected chi connectivity index (χ2v) is 8.65. The number of primary amides is 1. The van der Waals surface area contributed by atoms with E-state index in [1.807, 2.05) is 18.2 Å². The van der Waals surface area contributed by atoms with Gasteiger partial charge in [0.25, 0.3) is 11.8 Å². The molecule has 1 aliphatic heterocycles. The molecular formula is C24H24ClN3O4S. The number of ether oxygens (including phenoxy) is 1. The van der Waals surface area contributed by atoms with Crippen LogP contribution in [0.3, 0.4) is 0 Å². The van der Waals surface area contributed by atoms with Gasteiger partial charge in [-0.15, -0.1) is 23.7 Å². The monoisotopic (exact) mass is 485 g/mol. The van der Waals surface area contributed by atoms with Gasteiger partial charge in [0.1, 0.15) is 5.00 Å². The summed E-state index contributed by atoms with van der Waals surface area (Å²) in [7, 11) is 1.30. The highest BCUT2D eigenvalue weighted by molar-refractivity contribution is 7.17. The van der Waals surface area contributed by atoms with Gasteiger partial charge in [0.2, 0.25) is 0 Å². The van der Waals surface area contributed by atoms with Crippen molar-refractivity contribution in [3.63, 3.8) is 0 Å². The van der Waals surface area contributed by atoms with Crippen molar-refractivity contribution in [2.45, 2.75) is 19.5 Å². The lowest BCUT2D eigenvalue weighted by Gasteiger charge is -2.27. The summed E-state index contributed by atoms with van der Waals surface area (Å²) >= 11 is 1.39. The lowest BCUT2D eigenvalue weighted by molar-refractivity contribution is 0.0600. The molecule has 2 heterocycles. The number of hydrogen-bond acceptors (Lipinski definition) is 6. The van der Waals surface area contributed by atoms with E-state index in [1.165, 1.54) is 36.1 Å². The van der Waals surface area contributed by atoms with Crippen LogP contribution in [0.4, 0.5) is 5.00 Å². The molecule has 0 radical (unpaired) electrons. The molecule has 0 saturated carbocycles. The largest absolute Gasteiger partial charge is 0.465 e. The van der Waals surface area contributed by atoms with Gasteiger partial charge < -0.3 is 15.8 Å². The number of fused-ring (bicyclic) bond motifs is 1. The van der Waals surface area contributed by atoms with Crippen molar-refractivity contribution < 1.29 is 19.1 Å². The molecule has 9 heteroatoms. The number of rotatable bonds is 6. The molecule has 0 fully saturated rings. The maximum Gasteiger partial charge on any atom is 0.337 e. The average Bonchev–Trinajstić information content (AvgIpc) is 3.16. The van der Waals surface area contributed by atoms with Gasteiger partial charge in [-0.1, -0.05) is 30.3 Å². The predicted octanol–water partition coefficient (Wildman–Crippen LogP) is 3.87. The van der Waals surface area contributed by atoms with Crippen molar-refractivity contribution in [2.75, 3.05) is 19.0 Å². The first kappa shape index (κ1) is 24.4. The number of esters is 1. The minimum atomic E-state index is -0.546. The highest BCUT2D eigenvalue weighted by atomic mass is 35.5. The second kappa shape index (κ2) is 10.6. The quantitative estimate of drug-likeness (QED) is 0.516. The molecule has 2 amide bonds. The molecule has 33 heavy (non-hydrogen) atoms. The molecule has 0 aliphatic carbocycles. The minimum Gasteiger partial charge on any atom is -0.465 e. The Hall–Kier alpha value is -3.20. The molecule has 1 aromatic heterocycles. The molecule has 7 nitrogen and oxygen atoms in total. The number of hydrogen-bond donors (Lipinski definition) is 2. The van der Waals surface area contributed by atoms with Crippen LogP contribution in [0.2, 0.25) is 0 Å². The minimum absolute atomic E-state index is 0. The Bertz CT molecular complexity index is 1160. The van der Waals surface area contributed by atoms with E-state index in [2.05, 4.69) is 27.1 Å². The molecule has 3 N–H and O–H groups in total. The Morgan fingerprint density at radius 1 is 1.06 bits per heavy atom. The van der Waals surface area contributed by atoms with Gasteiger partial charge in [0.05, 0.1) is 18.2 Å². The lowest BCUT2D eigenvalue weighted by atomic mass is 10.0. The van der Waals surface area contributed by atoms with Gasteiger partial charge >= 0.3 is 5.97 Å². The predicted molar refractivity (Wildman–Crippen MR) is 130 cm³/mol. The topological polar surface area (TPSA) is 102 Å². The van der Waals surface area contributed by atoms with E-state index in [-0.39, 0.29) is 18.3 Å². The Morgan fingerprint density at radius 2 is 1.73 bits per heavy atom. The fraction of sp³-hybridized carbons (Fsp3) is 0.208. The second-order valence-electron chi connectivity index (χ2n) is 7.54. The van der Waals surface area contributed by atoms with Crippen LogP contribution in [0.5, 0.6) is 0 Å². The number of carbonyl (C=O) groups is 3. The third-order valence-corrected chi connectivity index (χ3v) is 6.56. The summed E-state index contributed by atoms with van der Waals surface area (Å²) in [6.45, 7) is 2.32. The molecule has 2 aromatic carbocycles. The standard InChI is InChI=1S/C24H23N3O4S.ClH/c1-31-24(30)17-9-7-16(8-10-17)22(29)26-23-20(21(25)28)18-11-12-27(14-19(18)32-23)13-15-5-3-2-4-6-15;/h2-10H,11-14H2,1H3,(H2,25,28)(H,26,29);1H. The van der Waals surface area contributed by atoms with Crippen molar-refractivity contribution in [1.29, 1.82) is 0 Å². The smallest absolute Gasteiger partial charge is 0.337 e. The van der Waals surface area contributed by atoms with E-state index in [0.29, 0.717) is 34.7 Å². The molecule has 3 aromatic rings. The van der Waals surface area contributed by atoms with E-state index >= 15 is 0 Å². The van der Waals surface area contributed by atoms with Gasteiger partial charge in [0.15, 0.2) is 0 Å². The van der Waals surface area contributed by atoms with Crippen LogP contribution in [0.1, 0.15) is 47.1 Å². The van der Waals surface area contributed by atoms with E-state index in [9.17, 15) is 14.4 Å². The summed E-state index contributed by atoms with van der Waals surface area (Å²) in [6, 6.07) is 16.4. The fourth-order valence-corrected chi connectivity index (χ4v) is 5.12. The molecule has 0 atom stereocenters. The number of methoxy groups -OCH3 is 1. The maximum atomic E-state index is 12.8. The van der Waals surface area contributed by atoms with Gasteiger partial charge in [-0.2, -0.15) is 0 Å². The number of benzene rings is 2. The Morgan fingerprint density at radius 3 is 2.36 bits per heavy atom. The van der Waals surface area contributed by atoms with Gasteiger partial charge in [-0.3, -0.25) is 14.5 Å². The zero-order valence-corrected chi connectivity index (χ0v) is 19.6. The Balaban J connectivity index is 0.00000306. The number of carbonyl (C=O) groups excluding carboxylic acids is 3. The summed E-state index contributed by atoms with van der Waals surface area (Å²) in [5.74, 6) is -1.39. The third kappa shape index (κ3) is 5.42. The van der Waals surface area contributed by atoms with Crippen LogP contribution < -0.4 is 11.1 Å². The molecule has 4 rings (SSSR count).